The van der Waals surface area contributed by atoms with Crippen LogP contribution in [0.3, 0.4) is 0 Å². The Balaban J connectivity index is 1.98. The zero-order chi connectivity index (χ0) is 17.7. The molecule has 24 heavy (non-hydrogen) atoms. The summed E-state index contributed by atoms with van der Waals surface area (Å²) >= 11 is 0. The van der Waals surface area contributed by atoms with E-state index in [4.69, 9.17) is 4.84 Å². The number of hydrogen-bond donors (Lipinski definition) is 0. The van der Waals surface area contributed by atoms with Gasteiger partial charge in [-0.05, 0) is 24.3 Å². The molecule has 0 fully saturated rings. The van der Waals surface area contributed by atoms with Crippen LogP contribution in [0.5, 0.6) is 0 Å². The highest BCUT2D eigenvalue weighted by molar-refractivity contribution is 6.02. The number of nitrogens with zero attached hydrogens (tertiary/aromatic N) is 2. The first-order valence-corrected chi connectivity index (χ1v) is 8.86. The van der Waals surface area contributed by atoms with Crippen LogP contribution in [0.2, 0.25) is 0 Å². The van der Waals surface area contributed by atoms with E-state index >= 15 is 0 Å². The minimum atomic E-state index is -0.0462. The number of hydrogen-bond acceptors (Lipinski definition) is 3. The molecular weight excluding hydrogens is 300 g/mol. The minimum Gasteiger partial charge on any atom is -0.390 e. The average Bonchev–Trinajstić information content (AvgIpc) is 2.94. The molecule has 1 atom stereocenters. The molecule has 1 aliphatic heterocycles. The lowest BCUT2D eigenvalue weighted by Gasteiger charge is -2.27. The van der Waals surface area contributed by atoms with Crippen molar-refractivity contribution >= 4 is 11.6 Å². The summed E-state index contributed by atoms with van der Waals surface area (Å²) < 4.78 is 0. The van der Waals surface area contributed by atoms with Crippen LogP contribution < -0.4 is 0 Å². The molecule has 0 aromatic heterocycles. The Bertz CT molecular complexity index is 602. The van der Waals surface area contributed by atoms with Crippen molar-refractivity contribution in [3.05, 3.63) is 35.4 Å². The highest BCUT2D eigenvalue weighted by atomic mass is 16.6. The maximum Gasteiger partial charge on any atom is 0.223 e. The molecule has 0 bridgehead atoms. The largest absolute Gasteiger partial charge is 0.390 e. The molecule has 0 aliphatic carbocycles. The minimum absolute atomic E-state index is 0.00240. The fourth-order valence-corrected chi connectivity index (χ4v) is 2.98. The number of rotatable bonds is 6. The Morgan fingerprint density at radius 3 is 2.67 bits per heavy atom. The van der Waals surface area contributed by atoms with Crippen LogP contribution in [0, 0.1) is 12.3 Å². The predicted molar refractivity (Wildman–Crippen MR) is 98.1 cm³/mol. The van der Waals surface area contributed by atoms with Crippen molar-refractivity contribution < 1.29 is 9.63 Å². The first kappa shape index (κ1) is 18.5. The van der Waals surface area contributed by atoms with E-state index in [1.807, 2.05) is 17.0 Å². The molecule has 4 nitrogen and oxygen atoms in total. The second-order valence-corrected chi connectivity index (χ2v) is 7.86. The maximum absolute atomic E-state index is 12.6. The van der Waals surface area contributed by atoms with Crippen LogP contribution in [0.25, 0.3) is 0 Å². The molecule has 0 saturated heterocycles. The Labute approximate surface area is 145 Å². The number of aryl methyl sites for hydroxylation is 1. The van der Waals surface area contributed by atoms with Crippen molar-refractivity contribution in [3.63, 3.8) is 0 Å². The van der Waals surface area contributed by atoms with Crippen molar-refractivity contribution in [1.82, 2.24) is 4.90 Å². The number of oxime groups is 1. The quantitative estimate of drug-likeness (QED) is 0.786. The maximum atomic E-state index is 12.6. The number of benzene rings is 1. The molecule has 1 unspecified atom stereocenters. The Morgan fingerprint density at radius 1 is 1.33 bits per heavy atom. The van der Waals surface area contributed by atoms with Gasteiger partial charge in [0.15, 0.2) is 6.10 Å². The smallest absolute Gasteiger partial charge is 0.223 e. The van der Waals surface area contributed by atoms with Crippen LogP contribution in [0.4, 0.5) is 0 Å². The number of carbonyl (C=O) groups is 1. The highest BCUT2D eigenvalue weighted by Crippen LogP contribution is 2.23. The van der Waals surface area contributed by atoms with Gasteiger partial charge in [0, 0.05) is 24.9 Å². The lowest BCUT2D eigenvalue weighted by molar-refractivity contribution is -0.134. The molecule has 4 heteroatoms. The van der Waals surface area contributed by atoms with Crippen molar-refractivity contribution in [2.24, 2.45) is 10.6 Å². The molecule has 1 amide bonds. The highest BCUT2D eigenvalue weighted by Gasteiger charge is 2.28. The van der Waals surface area contributed by atoms with Crippen molar-refractivity contribution in [2.45, 2.75) is 60.0 Å². The van der Waals surface area contributed by atoms with E-state index in [0.29, 0.717) is 13.0 Å². The van der Waals surface area contributed by atoms with E-state index in [2.05, 4.69) is 51.9 Å². The van der Waals surface area contributed by atoms with Gasteiger partial charge in [0.05, 0.1) is 12.3 Å². The zero-order valence-electron chi connectivity index (χ0n) is 15.6. The molecule has 0 saturated carbocycles. The van der Waals surface area contributed by atoms with Crippen molar-refractivity contribution in [2.75, 3.05) is 13.1 Å². The molecule has 1 heterocycles. The average molecular weight is 330 g/mol. The van der Waals surface area contributed by atoms with Gasteiger partial charge in [0.1, 0.15) is 0 Å². The summed E-state index contributed by atoms with van der Waals surface area (Å²) in [4.78, 5) is 20.1. The van der Waals surface area contributed by atoms with Gasteiger partial charge in [0.2, 0.25) is 5.91 Å². The molecule has 1 aromatic rings. The Hall–Kier alpha value is -1.84. The number of carbonyl (C=O) groups excluding carboxylic acids is 1. The van der Waals surface area contributed by atoms with Gasteiger partial charge in [-0.25, -0.2) is 0 Å². The van der Waals surface area contributed by atoms with Crippen LogP contribution in [-0.4, -0.2) is 35.7 Å². The van der Waals surface area contributed by atoms with Gasteiger partial charge in [-0.15, -0.1) is 0 Å². The molecule has 0 radical (unpaired) electrons. The normalized spacial score (nSPS) is 17.4. The van der Waals surface area contributed by atoms with Gasteiger partial charge in [0.25, 0.3) is 0 Å². The van der Waals surface area contributed by atoms with Crippen LogP contribution >= 0.6 is 0 Å². The summed E-state index contributed by atoms with van der Waals surface area (Å²) in [5.74, 6) is 0.206. The third-order valence-electron chi connectivity index (χ3n) is 4.14. The summed E-state index contributed by atoms with van der Waals surface area (Å²) in [6.07, 6.45) is 2.22. The topological polar surface area (TPSA) is 41.9 Å². The summed E-state index contributed by atoms with van der Waals surface area (Å²) in [5.41, 5.74) is 3.33. The molecule has 132 valence electrons. The van der Waals surface area contributed by atoms with Crippen LogP contribution in [0.1, 0.15) is 58.1 Å². The van der Waals surface area contributed by atoms with E-state index in [1.54, 1.807) is 0 Å². The molecule has 0 N–H and O–H groups in total. The van der Waals surface area contributed by atoms with E-state index in [9.17, 15) is 4.79 Å². The van der Waals surface area contributed by atoms with Gasteiger partial charge in [-0.3, -0.25) is 4.79 Å². The molecule has 0 spiro atoms. The van der Waals surface area contributed by atoms with Gasteiger partial charge in [-0.2, -0.15) is 0 Å². The van der Waals surface area contributed by atoms with Crippen molar-refractivity contribution in [1.29, 1.82) is 0 Å². The summed E-state index contributed by atoms with van der Waals surface area (Å²) in [6, 6.07) is 8.21. The fraction of sp³-hybridized carbons (Fsp3) is 0.600. The third kappa shape index (κ3) is 5.08. The SMILES string of the molecule is CCCN(CC1CC(c2ccccc2C)=NO1)C(=O)CC(C)(C)C. The van der Waals surface area contributed by atoms with E-state index in [-0.39, 0.29) is 17.4 Å². The zero-order valence-corrected chi connectivity index (χ0v) is 15.6. The van der Waals surface area contributed by atoms with E-state index in [0.717, 1.165) is 30.7 Å². The van der Waals surface area contributed by atoms with Crippen molar-refractivity contribution in [3.8, 4) is 0 Å². The van der Waals surface area contributed by atoms with Crippen LogP contribution in [0.15, 0.2) is 29.4 Å². The van der Waals surface area contributed by atoms with Crippen LogP contribution in [-0.2, 0) is 9.63 Å². The fourth-order valence-electron chi connectivity index (χ4n) is 2.98. The molecular formula is C20H30N2O2. The van der Waals surface area contributed by atoms with Gasteiger partial charge >= 0.3 is 0 Å². The molecule has 2 rings (SSSR count). The second-order valence-electron chi connectivity index (χ2n) is 7.86. The molecule has 1 aliphatic rings. The van der Waals surface area contributed by atoms with Gasteiger partial charge < -0.3 is 9.74 Å². The van der Waals surface area contributed by atoms with Gasteiger partial charge in [-0.1, -0.05) is 57.1 Å². The number of amides is 1. The Morgan fingerprint density at radius 2 is 2.04 bits per heavy atom. The third-order valence-corrected chi connectivity index (χ3v) is 4.14. The first-order chi connectivity index (χ1) is 11.3. The lowest BCUT2D eigenvalue weighted by atomic mass is 9.91. The first-order valence-electron chi connectivity index (χ1n) is 8.86. The summed E-state index contributed by atoms with van der Waals surface area (Å²) in [7, 11) is 0. The monoisotopic (exact) mass is 330 g/mol. The summed E-state index contributed by atoms with van der Waals surface area (Å²) in [5, 5.41) is 4.27. The van der Waals surface area contributed by atoms with E-state index < -0.39 is 0 Å². The second kappa shape index (κ2) is 7.82. The standard InChI is InChI=1S/C20H30N2O2/c1-6-11-22(19(23)13-20(3,4)5)14-16-12-18(21-24-16)17-10-8-7-9-15(17)2/h7-10,16H,6,11-14H2,1-5H3. The Kier molecular flexibility index (Phi) is 6.03. The lowest BCUT2D eigenvalue weighted by Crippen LogP contribution is -2.39. The molecule has 1 aromatic carbocycles. The van der Waals surface area contributed by atoms with E-state index in [1.165, 1.54) is 5.56 Å². The summed E-state index contributed by atoms with van der Waals surface area (Å²) in [6.45, 7) is 11.9. The predicted octanol–water partition coefficient (Wildman–Crippen LogP) is 4.16.